The zero-order valence-electron chi connectivity index (χ0n) is 17.2. The van der Waals surface area contributed by atoms with Crippen LogP contribution < -0.4 is 14.5 Å². The number of fused-ring (bicyclic) bond motifs is 5. The summed E-state index contributed by atoms with van der Waals surface area (Å²) in [6, 6.07) is 16.6. The van der Waals surface area contributed by atoms with Crippen molar-refractivity contribution in [3.8, 4) is 11.5 Å². The van der Waals surface area contributed by atoms with Crippen LogP contribution in [-0.4, -0.2) is 29.4 Å². The normalized spacial score (nSPS) is 17.2. The molecule has 3 aromatic carbocycles. The zero-order valence-corrected chi connectivity index (χ0v) is 17.2. The quantitative estimate of drug-likeness (QED) is 0.388. The number of hydrogen-bond acceptors (Lipinski definition) is 5. The third-order valence-corrected chi connectivity index (χ3v) is 5.84. The van der Waals surface area contributed by atoms with Crippen LogP contribution in [-0.2, 0) is 0 Å². The van der Waals surface area contributed by atoms with E-state index in [2.05, 4.69) is 4.99 Å². The van der Waals surface area contributed by atoms with E-state index in [-0.39, 0.29) is 40.1 Å². The largest absolute Gasteiger partial charge is 0.468 e. The predicted molar refractivity (Wildman–Crippen MR) is 119 cm³/mol. The third kappa shape index (κ3) is 2.96. The third-order valence-electron chi connectivity index (χ3n) is 5.84. The van der Waals surface area contributed by atoms with Gasteiger partial charge in [0.2, 0.25) is 17.6 Å². The summed E-state index contributed by atoms with van der Waals surface area (Å²) in [6.07, 6.45) is 7.06. The molecule has 0 fully saturated rings. The zero-order chi connectivity index (χ0) is 22.5. The maximum absolute atomic E-state index is 13.6. The highest BCUT2D eigenvalue weighted by Crippen LogP contribution is 2.42. The van der Waals surface area contributed by atoms with Gasteiger partial charge in [0.25, 0.3) is 5.69 Å². The van der Waals surface area contributed by atoms with Gasteiger partial charge in [0, 0.05) is 23.3 Å². The standard InChI is InChI=1S/C27H15NO5/c29-25-16-10-4-5-11-17(16)26(30)23-22(25)20(33-27(31)15-8-2-1-3-9-15)14-21-24(23)28-18-12-6-7-13-19(18)32-21/h1-14,19H/p+1. The Bertz CT molecular complexity index is 1460. The number of ether oxygens (including phenoxy) is 2. The molecule has 33 heavy (non-hydrogen) atoms. The van der Waals surface area contributed by atoms with E-state index < -0.39 is 5.97 Å². The van der Waals surface area contributed by atoms with E-state index >= 15 is 0 Å². The van der Waals surface area contributed by atoms with Gasteiger partial charge in [-0.1, -0.05) is 54.6 Å². The number of benzene rings is 3. The Kier molecular flexibility index (Phi) is 4.20. The average Bonchev–Trinajstić information content (AvgIpc) is 2.86. The molecule has 1 N–H and O–H groups in total. The van der Waals surface area contributed by atoms with Crippen molar-refractivity contribution in [2.75, 3.05) is 0 Å². The van der Waals surface area contributed by atoms with Crippen molar-refractivity contribution in [2.45, 2.75) is 6.10 Å². The van der Waals surface area contributed by atoms with Gasteiger partial charge in [0.15, 0.2) is 11.5 Å². The highest BCUT2D eigenvalue weighted by molar-refractivity contribution is 6.31. The number of rotatable bonds is 2. The first kappa shape index (κ1) is 19.1. The topological polar surface area (TPSA) is 83.6 Å². The van der Waals surface area contributed by atoms with Crippen LogP contribution in [0.25, 0.3) is 0 Å². The summed E-state index contributed by atoms with van der Waals surface area (Å²) in [7, 11) is 0. The molecule has 1 atom stereocenters. The van der Waals surface area contributed by atoms with Crippen molar-refractivity contribution < 1.29 is 28.8 Å². The van der Waals surface area contributed by atoms with Gasteiger partial charge in [0.1, 0.15) is 11.3 Å². The molecule has 6 nitrogen and oxygen atoms in total. The molecule has 158 valence electrons. The number of nitrogens with one attached hydrogen (secondary N) is 1. The van der Waals surface area contributed by atoms with Crippen molar-refractivity contribution in [3.63, 3.8) is 0 Å². The maximum Gasteiger partial charge on any atom is 0.343 e. The number of esters is 1. The number of carbonyl (C=O) groups is 3. The minimum atomic E-state index is -0.631. The maximum atomic E-state index is 13.6. The predicted octanol–water partition coefficient (Wildman–Crippen LogP) is 2.72. The van der Waals surface area contributed by atoms with Crippen LogP contribution in [0, 0.1) is 0 Å². The lowest BCUT2D eigenvalue weighted by atomic mass is 9.82. The molecule has 2 aliphatic carbocycles. The number of ketones is 2. The van der Waals surface area contributed by atoms with E-state index in [1.807, 2.05) is 24.3 Å². The van der Waals surface area contributed by atoms with Crippen molar-refractivity contribution >= 4 is 28.9 Å². The van der Waals surface area contributed by atoms with E-state index in [9.17, 15) is 14.4 Å². The van der Waals surface area contributed by atoms with Gasteiger partial charge in [-0.3, -0.25) is 9.59 Å². The lowest BCUT2D eigenvalue weighted by molar-refractivity contribution is -0.362. The Morgan fingerprint density at radius 1 is 0.879 bits per heavy atom. The molecule has 0 aromatic heterocycles. The summed E-state index contributed by atoms with van der Waals surface area (Å²) in [6.45, 7) is 0. The Morgan fingerprint density at radius 3 is 2.33 bits per heavy atom. The van der Waals surface area contributed by atoms with Crippen molar-refractivity contribution in [1.29, 1.82) is 0 Å². The van der Waals surface area contributed by atoms with E-state index in [1.54, 1.807) is 54.6 Å². The van der Waals surface area contributed by atoms with Crippen molar-refractivity contribution in [2.24, 2.45) is 0 Å². The molecule has 6 rings (SSSR count). The summed E-state index contributed by atoms with van der Waals surface area (Å²) in [5.74, 6) is -1.02. The van der Waals surface area contributed by atoms with Gasteiger partial charge in [0.05, 0.1) is 11.1 Å². The fraction of sp³-hybridized carbons (Fsp3) is 0.0370. The monoisotopic (exact) mass is 434 g/mol. The first-order valence-electron chi connectivity index (χ1n) is 10.4. The Labute approximate surface area is 188 Å². The molecule has 6 heteroatoms. The van der Waals surface area contributed by atoms with Gasteiger partial charge in [-0.25, -0.2) is 9.79 Å². The molecule has 0 bridgehead atoms. The number of allylic oxidation sites excluding steroid dienone is 2. The van der Waals surface area contributed by atoms with Gasteiger partial charge >= 0.3 is 5.97 Å². The van der Waals surface area contributed by atoms with Gasteiger partial charge in [-0.15, -0.1) is 0 Å². The first-order valence-corrected chi connectivity index (χ1v) is 10.4. The van der Waals surface area contributed by atoms with Crippen molar-refractivity contribution in [1.82, 2.24) is 0 Å². The molecule has 1 heterocycles. The number of carbonyl (C=O) groups excluding carboxylic acids is 3. The molecule has 0 saturated carbocycles. The average molecular weight is 434 g/mol. The molecule has 0 spiro atoms. The first-order chi connectivity index (χ1) is 16.1. The van der Waals surface area contributed by atoms with E-state index in [1.165, 1.54) is 6.07 Å². The van der Waals surface area contributed by atoms with Crippen LogP contribution in [0.15, 0.2) is 85.0 Å². The van der Waals surface area contributed by atoms with E-state index in [4.69, 9.17) is 9.47 Å². The second-order valence-electron chi connectivity index (χ2n) is 7.82. The van der Waals surface area contributed by atoms with Crippen molar-refractivity contribution in [3.05, 3.63) is 113 Å². The molecule has 1 unspecified atom stereocenters. The Morgan fingerprint density at radius 2 is 1.58 bits per heavy atom. The molecule has 0 radical (unpaired) electrons. The van der Waals surface area contributed by atoms with Gasteiger partial charge < -0.3 is 9.47 Å². The summed E-state index contributed by atoms with van der Waals surface area (Å²) in [4.78, 5) is 43.2. The van der Waals surface area contributed by atoms with Gasteiger partial charge in [-0.2, -0.15) is 0 Å². The molecule has 3 aromatic rings. The Balaban J connectivity index is 1.57. The highest BCUT2D eigenvalue weighted by Gasteiger charge is 2.42. The van der Waals surface area contributed by atoms with Crippen LogP contribution in [0.2, 0.25) is 0 Å². The van der Waals surface area contributed by atoms with Gasteiger partial charge in [-0.05, 0) is 18.2 Å². The summed E-state index contributed by atoms with van der Waals surface area (Å²) >= 11 is 0. The number of hydrogen-bond donors (Lipinski definition) is 1. The summed E-state index contributed by atoms with van der Waals surface area (Å²) < 4.78 is 11.8. The van der Waals surface area contributed by atoms with Crippen LogP contribution in [0.5, 0.6) is 11.5 Å². The smallest absolute Gasteiger partial charge is 0.343 e. The second-order valence-corrected chi connectivity index (χ2v) is 7.82. The molecule has 3 aliphatic rings. The fourth-order valence-corrected chi connectivity index (χ4v) is 4.29. The molecule has 0 saturated heterocycles. The second kappa shape index (κ2) is 7.24. The Hall–Kier alpha value is -4.58. The lowest BCUT2D eigenvalue weighted by Crippen LogP contribution is -2.72. The van der Waals surface area contributed by atoms with Crippen LogP contribution in [0.3, 0.4) is 0 Å². The van der Waals surface area contributed by atoms with Crippen LogP contribution in [0.1, 0.15) is 42.2 Å². The minimum absolute atomic E-state index is 0.00830. The van der Waals surface area contributed by atoms with E-state index in [0.717, 1.165) is 5.71 Å². The SMILES string of the molecule is O=C(Oc1cc2c(c3c1C(=O)c1ccccc1C3=O)[NH+]=C1C=CC=CC1O2)c1ccccc1. The molecular weight excluding hydrogens is 418 g/mol. The molecule has 0 amide bonds. The summed E-state index contributed by atoms with van der Waals surface area (Å²) in [5.41, 5.74) is 2.23. The molecule has 1 aliphatic heterocycles. The molecular formula is C27H16NO5+. The van der Waals surface area contributed by atoms with Crippen LogP contribution >= 0.6 is 0 Å². The fourth-order valence-electron chi connectivity index (χ4n) is 4.29. The lowest BCUT2D eigenvalue weighted by Gasteiger charge is -2.25. The van der Waals surface area contributed by atoms with E-state index in [0.29, 0.717) is 22.6 Å². The van der Waals surface area contributed by atoms with Crippen LogP contribution in [0.4, 0.5) is 5.69 Å². The summed E-state index contributed by atoms with van der Waals surface area (Å²) in [5, 5.41) is 0. The highest BCUT2D eigenvalue weighted by atomic mass is 16.5. The minimum Gasteiger partial charge on any atom is -0.468 e.